The van der Waals surface area contributed by atoms with Crippen molar-refractivity contribution in [3.8, 4) is 0 Å². The van der Waals surface area contributed by atoms with Gasteiger partial charge in [-0.15, -0.1) is 11.3 Å². The Bertz CT molecular complexity index is 516. The van der Waals surface area contributed by atoms with Crippen LogP contribution in [0.1, 0.15) is 15.2 Å². The van der Waals surface area contributed by atoms with E-state index in [9.17, 15) is 4.79 Å². The Morgan fingerprint density at radius 3 is 2.79 bits per heavy atom. The molecule has 0 fully saturated rings. The zero-order chi connectivity index (χ0) is 10.3. The Hall–Kier alpha value is -0.570. The number of hydrogen-bond acceptors (Lipinski definition) is 2. The van der Waals surface area contributed by atoms with Gasteiger partial charge >= 0.3 is 0 Å². The Balaban J connectivity index is 2.80. The molecule has 4 heteroatoms. The molecule has 0 bridgehead atoms. The molecule has 1 aromatic heterocycles. The molecule has 0 radical (unpaired) electrons. The Morgan fingerprint density at radius 2 is 2.14 bits per heavy atom. The van der Waals surface area contributed by atoms with Gasteiger partial charge in [-0.1, -0.05) is 23.2 Å². The maximum Gasteiger partial charge on any atom is 0.263 e. The number of aryl methyl sites for hydroxylation is 1. The molecule has 1 aromatic carbocycles. The molecule has 0 atom stereocenters. The molecule has 0 saturated heterocycles. The normalized spacial score (nSPS) is 10.8. The van der Waals surface area contributed by atoms with Gasteiger partial charge < -0.3 is 0 Å². The Labute approximate surface area is 95.3 Å². The molecule has 0 amide bonds. The van der Waals surface area contributed by atoms with Crippen LogP contribution in [0.4, 0.5) is 0 Å². The summed E-state index contributed by atoms with van der Waals surface area (Å²) in [4.78, 5) is 11.4. The van der Waals surface area contributed by atoms with Crippen molar-refractivity contribution >= 4 is 49.9 Å². The van der Waals surface area contributed by atoms with Crippen LogP contribution in [0.2, 0.25) is 5.02 Å². The second-order valence-corrected chi connectivity index (χ2v) is 4.79. The number of rotatable bonds is 1. The number of halogens is 2. The Morgan fingerprint density at radius 1 is 1.43 bits per heavy atom. The summed E-state index contributed by atoms with van der Waals surface area (Å²) in [5, 5.41) is 0.878. The number of carbonyl (C=O) groups is 1. The molecular formula is C10H6Cl2OS. The fourth-order valence-electron chi connectivity index (χ4n) is 1.31. The summed E-state index contributed by atoms with van der Waals surface area (Å²) in [6, 6.07) is 5.89. The molecule has 72 valence electrons. The number of fused-ring (bicyclic) bond motifs is 1. The van der Waals surface area contributed by atoms with E-state index in [1.54, 1.807) is 0 Å². The third-order valence-electron chi connectivity index (χ3n) is 1.96. The summed E-state index contributed by atoms with van der Waals surface area (Å²) in [6.07, 6.45) is 0. The third kappa shape index (κ3) is 1.54. The maximum atomic E-state index is 11.0. The van der Waals surface area contributed by atoms with Gasteiger partial charge in [-0.3, -0.25) is 4.79 Å². The minimum atomic E-state index is -0.492. The van der Waals surface area contributed by atoms with Crippen molar-refractivity contribution in [2.45, 2.75) is 6.92 Å². The molecule has 0 spiro atoms. The smallest absolute Gasteiger partial charge is 0.263 e. The van der Waals surface area contributed by atoms with Gasteiger partial charge in [-0.2, -0.15) is 0 Å². The van der Waals surface area contributed by atoms with Crippen molar-refractivity contribution in [1.82, 2.24) is 0 Å². The van der Waals surface area contributed by atoms with Gasteiger partial charge in [-0.25, -0.2) is 0 Å². The second kappa shape index (κ2) is 3.54. The van der Waals surface area contributed by atoms with Crippen LogP contribution in [0, 0.1) is 6.92 Å². The van der Waals surface area contributed by atoms with Gasteiger partial charge in [0.05, 0.1) is 5.02 Å². The minimum absolute atomic E-state index is 0.425. The van der Waals surface area contributed by atoms with E-state index in [4.69, 9.17) is 23.2 Å². The van der Waals surface area contributed by atoms with E-state index in [0.29, 0.717) is 9.90 Å². The number of thiophene rings is 1. The first-order chi connectivity index (χ1) is 6.59. The van der Waals surface area contributed by atoms with Gasteiger partial charge in [0, 0.05) is 10.1 Å². The van der Waals surface area contributed by atoms with Crippen LogP contribution in [0.15, 0.2) is 18.2 Å². The standard InChI is InChI=1S/C10H6Cl2OS/c1-5-2-3-7-6(4-5)8(11)9(14-7)10(12)13/h2-4H,1H3. The largest absolute Gasteiger partial charge is 0.275 e. The van der Waals surface area contributed by atoms with Crippen LogP contribution in [0.3, 0.4) is 0 Å². The number of carbonyl (C=O) groups excluding carboxylic acids is 1. The quantitative estimate of drug-likeness (QED) is 0.686. The first-order valence-electron chi connectivity index (χ1n) is 3.98. The summed E-state index contributed by atoms with van der Waals surface area (Å²) >= 11 is 12.8. The number of hydrogen-bond donors (Lipinski definition) is 0. The van der Waals surface area contributed by atoms with Crippen LogP contribution in [-0.4, -0.2) is 5.24 Å². The minimum Gasteiger partial charge on any atom is -0.275 e. The van der Waals surface area contributed by atoms with E-state index < -0.39 is 5.24 Å². The van der Waals surface area contributed by atoms with Crippen molar-refractivity contribution < 1.29 is 4.79 Å². The SMILES string of the molecule is Cc1ccc2sc(C(=O)Cl)c(Cl)c2c1. The fraction of sp³-hybridized carbons (Fsp3) is 0.100. The van der Waals surface area contributed by atoms with Crippen molar-refractivity contribution in [3.63, 3.8) is 0 Å². The predicted octanol–water partition coefficient (Wildman–Crippen LogP) is 4.24. The van der Waals surface area contributed by atoms with E-state index >= 15 is 0 Å². The highest BCUT2D eigenvalue weighted by molar-refractivity contribution is 7.23. The topological polar surface area (TPSA) is 17.1 Å². The lowest BCUT2D eigenvalue weighted by Crippen LogP contribution is -1.81. The number of benzene rings is 1. The molecule has 0 unspecified atom stereocenters. The molecule has 0 saturated carbocycles. The lowest BCUT2D eigenvalue weighted by molar-refractivity contribution is 0.108. The van der Waals surface area contributed by atoms with E-state index in [0.717, 1.165) is 15.6 Å². The summed E-state index contributed by atoms with van der Waals surface area (Å²) in [5.74, 6) is 0. The molecule has 14 heavy (non-hydrogen) atoms. The molecule has 1 nitrogen and oxygen atoms in total. The summed E-state index contributed by atoms with van der Waals surface area (Å²) < 4.78 is 0.990. The highest BCUT2D eigenvalue weighted by Gasteiger charge is 2.14. The van der Waals surface area contributed by atoms with E-state index in [2.05, 4.69) is 0 Å². The Kier molecular flexibility index (Phi) is 2.52. The summed E-state index contributed by atoms with van der Waals surface area (Å²) in [7, 11) is 0. The fourth-order valence-corrected chi connectivity index (χ4v) is 2.89. The monoisotopic (exact) mass is 244 g/mol. The molecule has 0 aliphatic carbocycles. The van der Waals surface area contributed by atoms with Gasteiger partial charge in [-0.05, 0) is 30.7 Å². The molecule has 0 N–H and O–H groups in total. The summed E-state index contributed by atoms with van der Waals surface area (Å²) in [5.41, 5.74) is 1.12. The van der Waals surface area contributed by atoms with Gasteiger partial charge in [0.1, 0.15) is 4.88 Å². The van der Waals surface area contributed by atoms with Crippen LogP contribution < -0.4 is 0 Å². The molecule has 0 aliphatic heterocycles. The van der Waals surface area contributed by atoms with Gasteiger partial charge in [0.2, 0.25) is 0 Å². The van der Waals surface area contributed by atoms with Crippen LogP contribution in [-0.2, 0) is 0 Å². The zero-order valence-corrected chi connectivity index (χ0v) is 9.63. The van der Waals surface area contributed by atoms with Crippen molar-refractivity contribution in [2.24, 2.45) is 0 Å². The van der Waals surface area contributed by atoms with Crippen LogP contribution in [0.25, 0.3) is 10.1 Å². The van der Waals surface area contributed by atoms with Crippen molar-refractivity contribution in [3.05, 3.63) is 33.7 Å². The highest BCUT2D eigenvalue weighted by atomic mass is 35.5. The van der Waals surface area contributed by atoms with Gasteiger partial charge in [0.15, 0.2) is 0 Å². The first-order valence-corrected chi connectivity index (χ1v) is 5.55. The maximum absolute atomic E-state index is 11.0. The van der Waals surface area contributed by atoms with Gasteiger partial charge in [0.25, 0.3) is 5.24 Å². The lowest BCUT2D eigenvalue weighted by atomic mass is 10.2. The van der Waals surface area contributed by atoms with E-state index in [-0.39, 0.29) is 0 Å². The third-order valence-corrected chi connectivity index (χ3v) is 3.94. The van der Waals surface area contributed by atoms with Crippen LogP contribution in [0.5, 0.6) is 0 Å². The second-order valence-electron chi connectivity index (χ2n) is 3.02. The van der Waals surface area contributed by atoms with E-state index in [1.165, 1.54) is 11.3 Å². The van der Waals surface area contributed by atoms with E-state index in [1.807, 2.05) is 25.1 Å². The molecule has 0 aliphatic rings. The van der Waals surface area contributed by atoms with Crippen molar-refractivity contribution in [1.29, 1.82) is 0 Å². The first kappa shape index (κ1) is 9.97. The highest BCUT2D eigenvalue weighted by Crippen LogP contribution is 2.36. The lowest BCUT2D eigenvalue weighted by Gasteiger charge is -1.92. The average molecular weight is 245 g/mol. The molecule has 2 aromatic rings. The molecular weight excluding hydrogens is 239 g/mol. The molecule has 2 rings (SSSR count). The zero-order valence-electron chi connectivity index (χ0n) is 7.30. The van der Waals surface area contributed by atoms with Crippen LogP contribution >= 0.6 is 34.5 Å². The summed E-state index contributed by atoms with van der Waals surface area (Å²) in [6.45, 7) is 1.98. The average Bonchev–Trinajstić information content (AvgIpc) is 2.44. The predicted molar refractivity (Wildman–Crippen MR) is 61.8 cm³/mol. The molecule has 1 heterocycles. The van der Waals surface area contributed by atoms with Crippen molar-refractivity contribution in [2.75, 3.05) is 0 Å².